The Morgan fingerprint density at radius 3 is 1.51 bits per heavy atom. The van der Waals surface area contributed by atoms with E-state index in [0.717, 1.165) is 48.7 Å². The van der Waals surface area contributed by atoms with E-state index in [9.17, 15) is 0 Å². The summed E-state index contributed by atoms with van der Waals surface area (Å²) in [7, 11) is 0. The van der Waals surface area contributed by atoms with Crippen molar-refractivity contribution in [3.63, 3.8) is 0 Å². The fourth-order valence-corrected chi connectivity index (χ4v) is 12.3. The molecule has 1 aliphatic heterocycles. The quantitative estimate of drug-likeness (QED) is 0.354. The SMILES string of the molecule is CC(C)(C)c1cc(C23CC4CC(CC(C4)C2)C3)c(OCC2CO2)c(C(C)(C)C)c1C12CC3CC(CC(C3)C1)C2. The van der Waals surface area contributed by atoms with Crippen LogP contribution in [0, 0.1) is 35.5 Å². The number of epoxide rings is 1. The summed E-state index contributed by atoms with van der Waals surface area (Å²) in [6.07, 6.45) is 17.8. The molecule has 9 aliphatic rings. The van der Waals surface area contributed by atoms with Gasteiger partial charge in [-0.3, -0.25) is 0 Å². The van der Waals surface area contributed by atoms with Crippen molar-refractivity contribution in [2.45, 2.75) is 146 Å². The van der Waals surface area contributed by atoms with Gasteiger partial charge in [-0.2, -0.15) is 0 Å². The third-order valence-corrected chi connectivity index (χ3v) is 12.8. The predicted octanol–water partition coefficient (Wildman–Crippen LogP) is 8.99. The van der Waals surface area contributed by atoms with E-state index in [1.807, 2.05) is 0 Å². The van der Waals surface area contributed by atoms with Crippen LogP contribution in [-0.2, 0) is 26.4 Å². The minimum Gasteiger partial charge on any atom is -0.490 e. The van der Waals surface area contributed by atoms with Crippen molar-refractivity contribution in [1.82, 2.24) is 0 Å². The van der Waals surface area contributed by atoms with Crippen LogP contribution in [0.5, 0.6) is 5.75 Å². The smallest absolute Gasteiger partial charge is 0.127 e. The zero-order valence-electron chi connectivity index (χ0n) is 25.8. The van der Waals surface area contributed by atoms with Crippen molar-refractivity contribution in [3.8, 4) is 5.75 Å². The van der Waals surface area contributed by atoms with Crippen molar-refractivity contribution >= 4 is 0 Å². The summed E-state index contributed by atoms with van der Waals surface area (Å²) in [5, 5.41) is 0. The molecule has 1 aromatic carbocycles. The Kier molecular flexibility index (Phi) is 5.46. The molecule has 1 atom stereocenters. The first-order valence-corrected chi connectivity index (χ1v) is 16.9. The molecule has 0 amide bonds. The third-order valence-electron chi connectivity index (χ3n) is 12.8. The second-order valence-electron chi connectivity index (χ2n) is 18.2. The summed E-state index contributed by atoms with van der Waals surface area (Å²) in [5.74, 6) is 7.00. The van der Waals surface area contributed by atoms with Crippen molar-refractivity contribution in [3.05, 3.63) is 28.3 Å². The third kappa shape index (κ3) is 4.11. The number of benzene rings is 1. The van der Waals surface area contributed by atoms with Crippen molar-refractivity contribution in [2.75, 3.05) is 13.2 Å². The topological polar surface area (TPSA) is 21.8 Å². The summed E-state index contributed by atoms with van der Waals surface area (Å²) in [6.45, 7) is 16.7. The molecule has 0 N–H and O–H groups in total. The summed E-state index contributed by atoms with van der Waals surface area (Å²) in [6, 6.07) is 2.79. The maximum Gasteiger partial charge on any atom is 0.127 e. The average molecular weight is 531 g/mol. The summed E-state index contributed by atoms with van der Waals surface area (Å²) in [4.78, 5) is 0. The van der Waals surface area contributed by atoms with E-state index in [1.54, 1.807) is 22.3 Å². The highest BCUT2D eigenvalue weighted by atomic mass is 16.6. The lowest BCUT2D eigenvalue weighted by atomic mass is 9.45. The van der Waals surface area contributed by atoms with E-state index in [-0.39, 0.29) is 10.8 Å². The van der Waals surface area contributed by atoms with Gasteiger partial charge in [-0.25, -0.2) is 0 Å². The van der Waals surface area contributed by atoms with Gasteiger partial charge in [-0.1, -0.05) is 47.6 Å². The minimum absolute atomic E-state index is 0.0523. The molecule has 2 heteroatoms. The first kappa shape index (κ1) is 25.7. The lowest BCUT2D eigenvalue weighted by Gasteiger charge is -2.60. The number of hydrogen-bond donors (Lipinski definition) is 0. The molecule has 1 unspecified atom stereocenters. The molecular formula is C37H54O2. The molecular weight excluding hydrogens is 476 g/mol. The van der Waals surface area contributed by atoms with E-state index < -0.39 is 0 Å². The molecule has 1 aromatic rings. The van der Waals surface area contributed by atoms with Crippen LogP contribution in [-0.4, -0.2) is 19.3 Å². The van der Waals surface area contributed by atoms with Crippen LogP contribution in [0.1, 0.15) is 141 Å². The van der Waals surface area contributed by atoms with Gasteiger partial charge >= 0.3 is 0 Å². The molecule has 8 aliphatic carbocycles. The average Bonchev–Trinajstić information content (AvgIpc) is 3.63. The summed E-state index contributed by atoms with van der Waals surface area (Å²) >= 11 is 0. The maximum absolute atomic E-state index is 7.15. The molecule has 39 heavy (non-hydrogen) atoms. The number of hydrogen-bond acceptors (Lipinski definition) is 2. The molecule has 0 aromatic heterocycles. The fraction of sp³-hybridized carbons (Fsp3) is 0.838. The molecule has 10 rings (SSSR count). The highest BCUT2D eigenvalue weighted by Crippen LogP contribution is 2.67. The Balaban J connectivity index is 1.39. The van der Waals surface area contributed by atoms with E-state index >= 15 is 0 Å². The largest absolute Gasteiger partial charge is 0.490 e. The van der Waals surface area contributed by atoms with Crippen LogP contribution in [0.25, 0.3) is 0 Å². The molecule has 9 fully saturated rings. The Hall–Kier alpha value is -1.02. The Morgan fingerprint density at radius 2 is 1.13 bits per heavy atom. The van der Waals surface area contributed by atoms with Gasteiger partial charge in [0.2, 0.25) is 0 Å². The van der Waals surface area contributed by atoms with Gasteiger partial charge < -0.3 is 9.47 Å². The molecule has 0 radical (unpaired) electrons. The first-order chi connectivity index (χ1) is 18.4. The molecule has 1 heterocycles. The lowest BCUT2D eigenvalue weighted by molar-refractivity contribution is -0.00930. The van der Waals surface area contributed by atoms with Crippen molar-refractivity contribution < 1.29 is 9.47 Å². The monoisotopic (exact) mass is 530 g/mol. The Morgan fingerprint density at radius 1 is 0.692 bits per heavy atom. The number of rotatable bonds is 5. The van der Waals surface area contributed by atoms with Gasteiger partial charge in [0.15, 0.2) is 0 Å². The van der Waals surface area contributed by atoms with Gasteiger partial charge in [-0.15, -0.1) is 0 Å². The zero-order chi connectivity index (χ0) is 26.9. The normalized spacial score (nSPS) is 43.8. The summed E-state index contributed by atoms with van der Waals surface area (Å²) < 4.78 is 12.9. The van der Waals surface area contributed by atoms with Crippen LogP contribution < -0.4 is 4.74 Å². The molecule has 8 saturated carbocycles. The predicted molar refractivity (Wildman–Crippen MR) is 159 cm³/mol. The fourth-order valence-electron chi connectivity index (χ4n) is 12.3. The maximum atomic E-state index is 7.15. The van der Waals surface area contributed by atoms with Gasteiger partial charge in [-0.05, 0) is 145 Å². The van der Waals surface area contributed by atoms with Crippen LogP contribution in [0.4, 0.5) is 0 Å². The van der Waals surface area contributed by atoms with E-state index in [2.05, 4.69) is 47.6 Å². The van der Waals surface area contributed by atoms with Gasteiger partial charge in [0.25, 0.3) is 0 Å². The van der Waals surface area contributed by atoms with Gasteiger partial charge in [0.1, 0.15) is 18.5 Å². The van der Waals surface area contributed by atoms with E-state index in [0.29, 0.717) is 16.9 Å². The van der Waals surface area contributed by atoms with E-state index in [1.165, 1.54) is 82.8 Å². The molecule has 8 bridgehead atoms. The van der Waals surface area contributed by atoms with Crippen LogP contribution in [0.15, 0.2) is 6.07 Å². The molecule has 214 valence electrons. The standard InChI is InChI=1S/C37H54O2/c1-34(2,3)29-13-30(36-14-22-7-23(15-36)9-24(8-22)16-36)33(39-21-28-20-38-28)32(35(4,5)6)31(29)37-17-25-10-26(18-37)12-27(11-25)19-37/h13,22-28H,7-12,14-21H2,1-6H3. The van der Waals surface area contributed by atoms with Crippen molar-refractivity contribution in [2.24, 2.45) is 35.5 Å². The Labute approximate surface area is 238 Å². The van der Waals surface area contributed by atoms with E-state index in [4.69, 9.17) is 9.47 Å². The second-order valence-corrected chi connectivity index (χ2v) is 18.2. The molecule has 1 saturated heterocycles. The van der Waals surface area contributed by atoms with Crippen LogP contribution in [0.2, 0.25) is 0 Å². The van der Waals surface area contributed by atoms with Crippen LogP contribution in [0.3, 0.4) is 0 Å². The molecule has 2 nitrogen and oxygen atoms in total. The summed E-state index contributed by atoms with van der Waals surface area (Å²) in [5.41, 5.74) is 7.57. The number of ether oxygens (including phenoxy) is 2. The van der Waals surface area contributed by atoms with Gasteiger partial charge in [0.05, 0.1) is 6.61 Å². The highest BCUT2D eigenvalue weighted by Gasteiger charge is 2.57. The highest BCUT2D eigenvalue weighted by molar-refractivity contribution is 5.61. The van der Waals surface area contributed by atoms with Crippen molar-refractivity contribution in [1.29, 1.82) is 0 Å². The van der Waals surface area contributed by atoms with Gasteiger partial charge in [0, 0.05) is 11.1 Å². The minimum atomic E-state index is 0.0523. The Bertz CT molecular complexity index is 1080. The second kappa shape index (κ2) is 8.29. The first-order valence-electron chi connectivity index (χ1n) is 16.9. The molecule has 0 spiro atoms. The lowest BCUT2D eigenvalue weighted by Crippen LogP contribution is -2.51. The van der Waals surface area contributed by atoms with Crippen LogP contribution >= 0.6 is 0 Å². The zero-order valence-corrected chi connectivity index (χ0v) is 25.8.